The lowest BCUT2D eigenvalue weighted by Crippen LogP contribution is -2.22. The lowest BCUT2D eigenvalue weighted by molar-refractivity contribution is -0.384. The summed E-state index contributed by atoms with van der Waals surface area (Å²) in [7, 11) is 0. The summed E-state index contributed by atoms with van der Waals surface area (Å²) in [6.45, 7) is 0. The molecule has 0 radical (unpaired) electrons. The van der Waals surface area contributed by atoms with Gasteiger partial charge < -0.3 is 10.5 Å². The molecular formula is C18H12ClN3O4. The molecule has 1 unspecified atom stereocenters. The number of ether oxygens (including phenoxy) is 1. The Hall–Kier alpha value is -3.37. The first kappa shape index (κ1) is 17.5. The third kappa shape index (κ3) is 3.23. The highest BCUT2D eigenvalue weighted by Crippen LogP contribution is 2.41. The fraction of sp³-hybridized carbons (Fsp3) is 0.111. The number of Topliss-reactive ketones (excluding diaryl/α,β-unsaturated/α-hetero) is 1. The number of fused-ring (bicyclic) bond motifs is 1. The number of carbonyl (C=O) groups is 1. The molecule has 0 spiro atoms. The van der Waals surface area contributed by atoms with Crippen molar-refractivity contribution in [1.29, 1.82) is 5.26 Å². The van der Waals surface area contributed by atoms with E-state index in [4.69, 9.17) is 22.1 Å². The number of non-ortho nitro benzene ring substituents is 1. The van der Waals surface area contributed by atoms with E-state index in [0.717, 1.165) is 0 Å². The van der Waals surface area contributed by atoms with Crippen LogP contribution in [0.1, 0.15) is 28.3 Å². The summed E-state index contributed by atoms with van der Waals surface area (Å²) in [5.41, 5.74) is 6.76. The number of nitro groups is 1. The first-order chi connectivity index (χ1) is 12.4. The number of hydrogen-bond donors (Lipinski definition) is 1. The Labute approximate surface area is 153 Å². The maximum atomic E-state index is 12.6. The molecule has 0 fully saturated rings. The Balaban J connectivity index is 1.94. The van der Waals surface area contributed by atoms with Crippen molar-refractivity contribution in [3.63, 3.8) is 0 Å². The van der Waals surface area contributed by atoms with Gasteiger partial charge in [0.1, 0.15) is 11.8 Å². The van der Waals surface area contributed by atoms with Crippen molar-refractivity contribution >= 4 is 23.1 Å². The summed E-state index contributed by atoms with van der Waals surface area (Å²) >= 11 is 6.04. The molecule has 0 amide bonds. The summed E-state index contributed by atoms with van der Waals surface area (Å²) in [6, 6.07) is 12.2. The lowest BCUT2D eigenvalue weighted by Gasteiger charge is -2.25. The molecule has 0 saturated carbocycles. The fourth-order valence-electron chi connectivity index (χ4n) is 2.80. The maximum Gasteiger partial charge on any atom is 0.269 e. The second-order valence-electron chi connectivity index (χ2n) is 5.66. The number of ketones is 1. The number of nitriles is 1. The summed E-state index contributed by atoms with van der Waals surface area (Å²) in [6.07, 6.45) is -0.0435. The third-order valence-electron chi connectivity index (χ3n) is 4.09. The third-order valence-corrected chi connectivity index (χ3v) is 4.33. The Morgan fingerprint density at radius 2 is 2.00 bits per heavy atom. The Morgan fingerprint density at radius 1 is 1.31 bits per heavy atom. The summed E-state index contributed by atoms with van der Waals surface area (Å²) in [5, 5.41) is 20.6. The monoisotopic (exact) mass is 369 g/mol. The van der Waals surface area contributed by atoms with Gasteiger partial charge in [0.25, 0.3) is 5.69 Å². The van der Waals surface area contributed by atoms with Crippen molar-refractivity contribution in [3.05, 3.63) is 80.2 Å². The van der Waals surface area contributed by atoms with Crippen molar-refractivity contribution in [2.75, 3.05) is 0 Å². The van der Waals surface area contributed by atoms with E-state index in [9.17, 15) is 20.2 Å². The molecule has 0 aromatic heterocycles. The molecule has 26 heavy (non-hydrogen) atoms. The van der Waals surface area contributed by atoms with Gasteiger partial charge in [0.05, 0.1) is 10.5 Å². The van der Waals surface area contributed by atoms with E-state index in [1.165, 1.54) is 24.3 Å². The van der Waals surface area contributed by atoms with Gasteiger partial charge in [-0.15, -0.1) is 0 Å². The number of carbonyl (C=O) groups excluding carboxylic acids is 1. The van der Waals surface area contributed by atoms with Crippen LogP contribution in [0.15, 0.2) is 53.9 Å². The molecule has 3 rings (SSSR count). The van der Waals surface area contributed by atoms with Crippen LogP contribution in [-0.4, -0.2) is 10.7 Å². The molecule has 1 aliphatic rings. The maximum absolute atomic E-state index is 12.6. The van der Waals surface area contributed by atoms with Crippen LogP contribution in [-0.2, 0) is 0 Å². The van der Waals surface area contributed by atoms with E-state index in [1.54, 1.807) is 18.2 Å². The van der Waals surface area contributed by atoms with Crippen LogP contribution in [0.3, 0.4) is 0 Å². The number of nitro benzene ring substituents is 1. The van der Waals surface area contributed by atoms with E-state index >= 15 is 0 Å². The number of nitrogens with two attached hydrogens (primary N) is 1. The molecular weight excluding hydrogens is 358 g/mol. The first-order valence-corrected chi connectivity index (χ1v) is 7.93. The highest BCUT2D eigenvalue weighted by molar-refractivity contribution is 6.30. The van der Waals surface area contributed by atoms with Crippen molar-refractivity contribution in [3.8, 4) is 11.8 Å². The highest BCUT2D eigenvalue weighted by Gasteiger charge is 2.31. The highest BCUT2D eigenvalue weighted by atomic mass is 35.5. The van der Waals surface area contributed by atoms with Crippen molar-refractivity contribution < 1.29 is 14.5 Å². The minimum atomic E-state index is -0.606. The second-order valence-corrected chi connectivity index (χ2v) is 6.09. The fourth-order valence-corrected chi connectivity index (χ4v) is 2.98. The number of halogens is 1. The molecule has 2 aromatic rings. The zero-order chi connectivity index (χ0) is 18.8. The van der Waals surface area contributed by atoms with Crippen LogP contribution in [0.4, 0.5) is 5.69 Å². The predicted octanol–water partition coefficient (Wildman–Crippen LogP) is 3.69. The van der Waals surface area contributed by atoms with Gasteiger partial charge in [-0.1, -0.05) is 11.6 Å². The van der Waals surface area contributed by atoms with Crippen molar-refractivity contribution in [1.82, 2.24) is 0 Å². The van der Waals surface area contributed by atoms with Crippen LogP contribution in [0, 0.1) is 21.4 Å². The molecule has 1 aliphatic heterocycles. The number of benzene rings is 2. The average Bonchev–Trinajstić information content (AvgIpc) is 2.62. The van der Waals surface area contributed by atoms with E-state index in [0.29, 0.717) is 21.9 Å². The Kier molecular flexibility index (Phi) is 4.61. The first-order valence-electron chi connectivity index (χ1n) is 7.55. The summed E-state index contributed by atoms with van der Waals surface area (Å²) in [4.78, 5) is 22.8. The van der Waals surface area contributed by atoms with Gasteiger partial charge in [0.2, 0.25) is 5.88 Å². The lowest BCUT2D eigenvalue weighted by atomic mass is 9.84. The Morgan fingerprint density at radius 3 is 2.62 bits per heavy atom. The molecule has 7 nitrogen and oxygen atoms in total. The van der Waals surface area contributed by atoms with E-state index in [2.05, 4.69) is 0 Å². The topological polar surface area (TPSA) is 119 Å². The molecule has 0 saturated heterocycles. The number of rotatable bonds is 4. The quantitative estimate of drug-likeness (QED) is 0.498. The SMILES string of the molecule is N#CC1=C(N)Oc2ccc(Cl)cc2C1CC(=O)c1ccc([N+](=O)[O-])cc1. The van der Waals surface area contributed by atoms with E-state index in [-0.39, 0.29) is 29.3 Å². The largest absolute Gasteiger partial charge is 0.440 e. The summed E-state index contributed by atoms with van der Waals surface area (Å²) in [5.74, 6) is -0.500. The molecule has 8 heteroatoms. The van der Waals surface area contributed by atoms with Gasteiger partial charge in [0, 0.05) is 40.6 Å². The van der Waals surface area contributed by atoms with Crippen molar-refractivity contribution in [2.45, 2.75) is 12.3 Å². The number of hydrogen-bond acceptors (Lipinski definition) is 6. The molecule has 2 N–H and O–H groups in total. The van der Waals surface area contributed by atoms with Crippen LogP contribution >= 0.6 is 11.6 Å². The van der Waals surface area contributed by atoms with Gasteiger partial charge in [-0.3, -0.25) is 14.9 Å². The molecule has 2 aromatic carbocycles. The van der Waals surface area contributed by atoms with Gasteiger partial charge in [0.15, 0.2) is 5.78 Å². The number of allylic oxidation sites excluding steroid dienone is 1. The molecule has 1 heterocycles. The van der Waals surface area contributed by atoms with Crippen LogP contribution < -0.4 is 10.5 Å². The second kappa shape index (κ2) is 6.86. The zero-order valence-electron chi connectivity index (χ0n) is 13.3. The van der Waals surface area contributed by atoms with Gasteiger partial charge >= 0.3 is 0 Å². The molecule has 130 valence electrons. The van der Waals surface area contributed by atoms with Crippen molar-refractivity contribution in [2.24, 2.45) is 5.73 Å². The van der Waals surface area contributed by atoms with E-state index < -0.39 is 10.8 Å². The van der Waals surface area contributed by atoms with Gasteiger partial charge in [-0.25, -0.2) is 0 Å². The smallest absolute Gasteiger partial charge is 0.269 e. The van der Waals surface area contributed by atoms with Crippen LogP contribution in [0.2, 0.25) is 5.02 Å². The minimum absolute atomic E-state index is 0.0435. The summed E-state index contributed by atoms with van der Waals surface area (Å²) < 4.78 is 5.44. The van der Waals surface area contributed by atoms with Crippen LogP contribution in [0.25, 0.3) is 0 Å². The number of nitrogens with zero attached hydrogens (tertiary/aromatic N) is 2. The zero-order valence-corrected chi connectivity index (χ0v) is 14.1. The average molecular weight is 370 g/mol. The van der Waals surface area contributed by atoms with Gasteiger partial charge in [-0.2, -0.15) is 5.26 Å². The predicted molar refractivity (Wildman–Crippen MR) is 93.7 cm³/mol. The molecule has 0 bridgehead atoms. The molecule has 1 atom stereocenters. The van der Waals surface area contributed by atoms with E-state index in [1.807, 2.05) is 6.07 Å². The normalized spacial score (nSPS) is 15.6. The molecule has 0 aliphatic carbocycles. The minimum Gasteiger partial charge on any atom is -0.440 e. The Bertz CT molecular complexity index is 977. The van der Waals surface area contributed by atoms with Crippen LogP contribution in [0.5, 0.6) is 5.75 Å². The van der Waals surface area contributed by atoms with Gasteiger partial charge in [-0.05, 0) is 30.3 Å². The standard InChI is InChI=1S/C18H12ClN3O4/c19-11-3-6-17-14(7-11)13(15(9-20)18(21)26-17)8-16(23)10-1-4-12(5-2-10)22(24)25/h1-7,13H,8,21H2.